The van der Waals surface area contributed by atoms with Crippen molar-refractivity contribution in [3.63, 3.8) is 0 Å². The van der Waals surface area contributed by atoms with Crippen LogP contribution in [-0.2, 0) is 20.0 Å². The van der Waals surface area contributed by atoms with E-state index >= 15 is 0 Å². The average molecular weight is 460 g/mol. The summed E-state index contributed by atoms with van der Waals surface area (Å²) in [5.41, 5.74) is 0.767. The normalized spacial score (nSPS) is 11.8. The van der Waals surface area contributed by atoms with Crippen LogP contribution >= 0.6 is 0 Å². The van der Waals surface area contributed by atoms with E-state index in [2.05, 4.69) is 10.0 Å². The maximum atomic E-state index is 12.6. The van der Waals surface area contributed by atoms with Crippen molar-refractivity contribution in [2.24, 2.45) is 0 Å². The molecule has 0 bridgehead atoms. The number of carbonyl (C=O) groups excluding carboxylic acids is 1. The fraction of sp³-hybridized carbons (Fsp3) is 0.0952. The van der Waals surface area contributed by atoms with E-state index < -0.39 is 26.0 Å². The van der Waals surface area contributed by atoms with Crippen LogP contribution in [0.15, 0.2) is 88.7 Å². The Morgan fingerprint density at radius 3 is 2.03 bits per heavy atom. The van der Waals surface area contributed by atoms with Crippen LogP contribution in [0.5, 0.6) is 0 Å². The molecule has 0 aliphatic rings. The maximum Gasteiger partial charge on any atom is 0.261 e. The molecule has 31 heavy (non-hydrogen) atoms. The highest BCUT2D eigenvalue weighted by molar-refractivity contribution is 7.92. The summed E-state index contributed by atoms with van der Waals surface area (Å²) in [6, 6.07) is 19.8. The Hall–Kier alpha value is -3.21. The fourth-order valence-corrected chi connectivity index (χ4v) is 4.70. The third-order valence-corrected chi connectivity index (χ3v) is 7.51. The molecule has 3 rings (SSSR count). The predicted molar refractivity (Wildman–Crippen MR) is 119 cm³/mol. The molecule has 0 saturated heterocycles. The van der Waals surface area contributed by atoms with Gasteiger partial charge in [0.25, 0.3) is 15.9 Å². The van der Waals surface area contributed by atoms with Gasteiger partial charge in [0.1, 0.15) is 0 Å². The summed E-state index contributed by atoms with van der Waals surface area (Å²) in [7, 11) is -4.64. The highest BCUT2D eigenvalue weighted by Crippen LogP contribution is 2.21. The van der Waals surface area contributed by atoms with Crippen LogP contribution in [0.4, 0.5) is 11.4 Å². The van der Waals surface area contributed by atoms with Gasteiger partial charge in [-0.25, -0.2) is 21.1 Å². The van der Waals surface area contributed by atoms with Crippen LogP contribution < -0.4 is 10.0 Å². The summed E-state index contributed by atoms with van der Waals surface area (Å²) in [4.78, 5) is 12.7. The van der Waals surface area contributed by atoms with Gasteiger partial charge in [0, 0.05) is 25.3 Å². The number of amides is 1. The molecule has 2 N–H and O–H groups in total. The molecule has 0 radical (unpaired) electrons. The number of hydrogen-bond acceptors (Lipinski definition) is 5. The second-order valence-corrected chi connectivity index (χ2v) is 10.6. The van der Waals surface area contributed by atoms with E-state index in [9.17, 15) is 21.6 Å². The van der Waals surface area contributed by atoms with E-state index in [0.29, 0.717) is 5.69 Å². The molecule has 162 valence electrons. The number of nitrogens with zero attached hydrogens (tertiary/aromatic N) is 1. The number of anilines is 2. The topological polar surface area (TPSA) is 113 Å². The lowest BCUT2D eigenvalue weighted by molar-refractivity contribution is 0.102. The number of hydrogen-bond donors (Lipinski definition) is 2. The number of rotatable bonds is 7. The van der Waals surface area contributed by atoms with Crippen molar-refractivity contribution in [2.75, 3.05) is 24.1 Å². The average Bonchev–Trinajstić information content (AvgIpc) is 2.74. The Morgan fingerprint density at radius 2 is 1.35 bits per heavy atom. The van der Waals surface area contributed by atoms with Gasteiger partial charge in [0.15, 0.2) is 0 Å². The second kappa shape index (κ2) is 8.88. The third kappa shape index (κ3) is 5.29. The molecule has 0 atom stereocenters. The molecule has 0 aromatic heterocycles. The standard InChI is InChI=1S/C21H21N3O5S2/c1-24(2)31(28,29)20-13-6-8-16(14-20)21(25)22-17-9-7-10-18(15-17)23-30(26,27)19-11-4-3-5-12-19/h3-15,23H,1-2H3,(H,22,25). The van der Waals surface area contributed by atoms with E-state index in [-0.39, 0.29) is 21.0 Å². The van der Waals surface area contributed by atoms with E-state index in [1.54, 1.807) is 36.4 Å². The number of sulfonamides is 2. The monoisotopic (exact) mass is 459 g/mol. The zero-order chi connectivity index (χ0) is 22.6. The quantitative estimate of drug-likeness (QED) is 0.564. The number of nitrogens with one attached hydrogen (secondary N) is 2. The molecule has 0 saturated carbocycles. The lowest BCUT2D eigenvalue weighted by Gasteiger charge is -2.13. The molecule has 0 spiro atoms. The summed E-state index contributed by atoms with van der Waals surface area (Å²) < 4.78 is 53.1. The molecular weight excluding hydrogens is 438 g/mol. The van der Waals surface area contributed by atoms with Gasteiger partial charge in [0.2, 0.25) is 10.0 Å². The molecule has 0 fully saturated rings. The van der Waals surface area contributed by atoms with Crippen molar-refractivity contribution in [1.29, 1.82) is 0 Å². The van der Waals surface area contributed by atoms with E-state index in [4.69, 9.17) is 0 Å². The van der Waals surface area contributed by atoms with Gasteiger partial charge in [-0.2, -0.15) is 0 Å². The van der Waals surface area contributed by atoms with Crippen molar-refractivity contribution in [3.05, 3.63) is 84.4 Å². The Kier molecular flexibility index (Phi) is 6.44. The summed E-state index contributed by atoms with van der Waals surface area (Å²) in [5.74, 6) is -0.529. The van der Waals surface area contributed by atoms with Gasteiger partial charge in [0.05, 0.1) is 15.5 Å². The van der Waals surface area contributed by atoms with E-state index in [1.807, 2.05) is 0 Å². The van der Waals surface area contributed by atoms with Crippen LogP contribution in [-0.4, -0.2) is 41.1 Å². The predicted octanol–water partition coefficient (Wildman–Crippen LogP) is 2.99. The second-order valence-electron chi connectivity index (χ2n) is 6.77. The Bertz CT molecular complexity index is 1310. The van der Waals surface area contributed by atoms with Crippen molar-refractivity contribution in [3.8, 4) is 0 Å². The first-order valence-electron chi connectivity index (χ1n) is 9.11. The third-order valence-electron chi connectivity index (χ3n) is 4.30. The Labute approximate surface area is 181 Å². The number of benzene rings is 3. The van der Waals surface area contributed by atoms with Crippen molar-refractivity contribution >= 4 is 37.3 Å². The molecule has 0 unspecified atom stereocenters. The first kappa shape index (κ1) is 22.5. The highest BCUT2D eigenvalue weighted by Gasteiger charge is 2.19. The van der Waals surface area contributed by atoms with Crippen LogP contribution in [0.1, 0.15) is 10.4 Å². The van der Waals surface area contributed by atoms with Gasteiger partial charge >= 0.3 is 0 Å². The van der Waals surface area contributed by atoms with Crippen molar-refractivity contribution < 1.29 is 21.6 Å². The zero-order valence-electron chi connectivity index (χ0n) is 16.8. The van der Waals surface area contributed by atoms with Gasteiger partial charge < -0.3 is 5.32 Å². The number of carbonyl (C=O) groups is 1. The van der Waals surface area contributed by atoms with Gasteiger partial charge in [-0.15, -0.1) is 0 Å². The minimum absolute atomic E-state index is 0.00507. The molecule has 3 aromatic rings. The Balaban J connectivity index is 1.80. The van der Waals surface area contributed by atoms with Crippen LogP contribution in [0.25, 0.3) is 0 Å². The van der Waals surface area contributed by atoms with Crippen LogP contribution in [0, 0.1) is 0 Å². The van der Waals surface area contributed by atoms with Gasteiger partial charge in [-0.05, 0) is 48.5 Å². The summed E-state index contributed by atoms with van der Waals surface area (Å²) in [5, 5.41) is 2.65. The van der Waals surface area contributed by atoms with E-state index in [0.717, 1.165) is 4.31 Å². The van der Waals surface area contributed by atoms with Crippen LogP contribution in [0.2, 0.25) is 0 Å². The summed E-state index contributed by atoms with van der Waals surface area (Å²) in [6.07, 6.45) is 0. The zero-order valence-corrected chi connectivity index (χ0v) is 18.4. The first-order chi connectivity index (χ1) is 14.6. The molecule has 0 aliphatic carbocycles. The van der Waals surface area contributed by atoms with Crippen LogP contribution in [0.3, 0.4) is 0 Å². The van der Waals surface area contributed by atoms with Gasteiger partial charge in [-0.1, -0.05) is 30.3 Å². The fourth-order valence-electron chi connectivity index (χ4n) is 2.69. The Morgan fingerprint density at radius 1 is 0.742 bits per heavy atom. The molecule has 0 heterocycles. The first-order valence-corrected chi connectivity index (χ1v) is 12.0. The van der Waals surface area contributed by atoms with E-state index in [1.165, 1.54) is 56.6 Å². The molecule has 0 aliphatic heterocycles. The molecule has 3 aromatic carbocycles. The highest BCUT2D eigenvalue weighted by atomic mass is 32.2. The molecule has 10 heteroatoms. The minimum atomic E-state index is -3.77. The molecule has 8 nitrogen and oxygen atoms in total. The molecular formula is C21H21N3O5S2. The van der Waals surface area contributed by atoms with Gasteiger partial charge in [-0.3, -0.25) is 9.52 Å². The van der Waals surface area contributed by atoms with Crippen molar-refractivity contribution in [2.45, 2.75) is 9.79 Å². The smallest absolute Gasteiger partial charge is 0.261 e. The largest absolute Gasteiger partial charge is 0.322 e. The SMILES string of the molecule is CN(C)S(=O)(=O)c1cccc(C(=O)Nc2cccc(NS(=O)(=O)c3ccccc3)c2)c1. The van der Waals surface area contributed by atoms with Crippen molar-refractivity contribution in [1.82, 2.24) is 4.31 Å². The molecule has 1 amide bonds. The summed E-state index contributed by atoms with van der Waals surface area (Å²) >= 11 is 0. The lowest BCUT2D eigenvalue weighted by Crippen LogP contribution is -2.22. The minimum Gasteiger partial charge on any atom is -0.322 e. The maximum absolute atomic E-state index is 12.6. The lowest BCUT2D eigenvalue weighted by atomic mass is 10.2. The summed E-state index contributed by atoms with van der Waals surface area (Å²) in [6.45, 7) is 0.